The molecule has 0 saturated carbocycles. The van der Waals surface area contributed by atoms with E-state index in [9.17, 15) is 14.4 Å². The molecule has 0 fully saturated rings. The van der Waals surface area contributed by atoms with Crippen LogP contribution in [0.1, 0.15) is 17.3 Å². The summed E-state index contributed by atoms with van der Waals surface area (Å²) in [6.07, 6.45) is 0. The van der Waals surface area contributed by atoms with Crippen LogP contribution >= 0.6 is 11.6 Å². The van der Waals surface area contributed by atoms with Gasteiger partial charge in [-0.05, 0) is 18.2 Å². The highest BCUT2D eigenvalue weighted by Gasteiger charge is 2.18. The summed E-state index contributed by atoms with van der Waals surface area (Å²) < 4.78 is 0. The molecular weight excluding hydrogens is 296 g/mol. The number of hydrogen-bond donors (Lipinski definition) is 2. The van der Waals surface area contributed by atoms with Gasteiger partial charge in [0.2, 0.25) is 5.91 Å². The van der Waals surface area contributed by atoms with Crippen molar-refractivity contribution in [3.05, 3.63) is 34.9 Å². The number of likely N-dealkylation sites (N-methyl/N-ethyl adjacent to an activating group) is 1. The van der Waals surface area contributed by atoms with Gasteiger partial charge in [-0.15, -0.1) is 0 Å². The molecule has 2 amide bonds. The smallest absolute Gasteiger partial charge is 0.308 e. The van der Waals surface area contributed by atoms with Crippen molar-refractivity contribution in [2.45, 2.75) is 6.92 Å². The molecule has 0 aromatic heterocycles. The highest BCUT2D eigenvalue weighted by Crippen LogP contribution is 2.10. The van der Waals surface area contributed by atoms with E-state index in [1.807, 2.05) is 0 Å². The number of nitrogens with one attached hydrogen (secondary N) is 1. The lowest BCUT2D eigenvalue weighted by Gasteiger charge is -2.19. The third-order valence-corrected chi connectivity index (χ3v) is 3.12. The van der Waals surface area contributed by atoms with Gasteiger partial charge < -0.3 is 15.3 Å². The monoisotopic (exact) mass is 312 g/mol. The van der Waals surface area contributed by atoms with E-state index >= 15 is 0 Å². The lowest BCUT2D eigenvalue weighted by molar-refractivity contribution is -0.142. The van der Waals surface area contributed by atoms with Crippen molar-refractivity contribution < 1.29 is 19.5 Å². The fraction of sp³-hybridized carbons (Fsp3) is 0.357. The Morgan fingerprint density at radius 3 is 2.62 bits per heavy atom. The molecule has 1 aromatic carbocycles. The minimum absolute atomic E-state index is 0.0845. The molecule has 0 heterocycles. The average Bonchev–Trinajstić information content (AvgIpc) is 2.43. The standard InChI is InChI=1S/C14H17ClN2O4/c1-9(14(20)21)8-17(2)12(18)7-16-13(19)10-4-3-5-11(15)6-10/h3-6,9H,7-8H2,1-2H3,(H,16,19)(H,20,21). The number of halogens is 1. The van der Waals surface area contributed by atoms with Crippen LogP contribution in [0.5, 0.6) is 0 Å². The number of carbonyl (C=O) groups excluding carboxylic acids is 2. The van der Waals surface area contributed by atoms with Gasteiger partial charge in [0.25, 0.3) is 5.91 Å². The zero-order valence-electron chi connectivity index (χ0n) is 11.8. The van der Waals surface area contributed by atoms with Crippen LogP contribution in [-0.4, -0.2) is 47.9 Å². The molecule has 0 saturated heterocycles. The van der Waals surface area contributed by atoms with Crippen LogP contribution in [0.25, 0.3) is 0 Å². The first-order chi connectivity index (χ1) is 9.81. The predicted octanol–water partition coefficient (Wildman–Crippen LogP) is 1.25. The number of aliphatic carboxylic acids is 1. The Labute approximate surface area is 127 Å². The summed E-state index contributed by atoms with van der Waals surface area (Å²) in [6, 6.07) is 6.36. The largest absolute Gasteiger partial charge is 0.481 e. The van der Waals surface area contributed by atoms with Crippen LogP contribution in [0.3, 0.4) is 0 Å². The summed E-state index contributed by atoms with van der Waals surface area (Å²) in [5, 5.41) is 11.7. The van der Waals surface area contributed by atoms with Crippen LogP contribution in [-0.2, 0) is 9.59 Å². The van der Waals surface area contributed by atoms with E-state index in [4.69, 9.17) is 16.7 Å². The van der Waals surface area contributed by atoms with E-state index in [1.165, 1.54) is 24.9 Å². The van der Waals surface area contributed by atoms with E-state index in [1.54, 1.807) is 18.2 Å². The molecule has 114 valence electrons. The van der Waals surface area contributed by atoms with E-state index in [2.05, 4.69) is 5.32 Å². The van der Waals surface area contributed by atoms with Crippen molar-refractivity contribution >= 4 is 29.4 Å². The third kappa shape index (κ3) is 5.43. The van der Waals surface area contributed by atoms with E-state index in [0.29, 0.717) is 10.6 Å². The van der Waals surface area contributed by atoms with E-state index in [0.717, 1.165) is 0 Å². The number of nitrogens with zero attached hydrogens (tertiary/aromatic N) is 1. The fourth-order valence-corrected chi connectivity index (χ4v) is 1.80. The molecule has 0 aliphatic carbocycles. The van der Waals surface area contributed by atoms with Gasteiger partial charge in [-0.3, -0.25) is 14.4 Å². The molecule has 0 radical (unpaired) electrons. The molecule has 21 heavy (non-hydrogen) atoms. The molecule has 0 spiro atoms. The molecule has 0 bridgehead atoms. The van der Waals surface area contributed by atoms with Gasteiger partial charge in [-0.2, -0.15) is 0 Å². The predicted molar refractivity (Wildman–Crippen MR) is 78.2 cm³/mol. The quantitative estimate of drug-likeness (QED) is 0.827. The van der Waals surface area contributed by atoms with Gasteiger partial charge in [-0.1, -0.05) is 24.6 Å². The first kappa shape index (κ1) is 17.0. The second-order valence-corrected chi connectivity index (χ2v) is 5.14. The van der Waals surface area contributed by atoms with Crippen LogP contribution in [0.4, 0.5) is 0 Å². The Hall–Kier alpha value is -2.08. The summed E-state index contributed by atoms with van der Waals surface area (Å²) in [4.78, 5) is 35.6. The van der Waals surface area contributed by atoms with Gasteiger partial charge in [0.05, 0.1) is 12.5 Å². The second-order valence-electron chi connectivity index (χ2n) is 4.71. The van der Waals surface area contributed by atoms with Gasteiger partial charge in [0, 0.05) is 24.2 Å². The fourth-order valence-electron chi connectivity index (χ4n) is 1.61. The molecule has 6 nitrogen and oxygen atoms in total. The van der Waals surface area contributed by atoms with Crippen molar-refractivity contribution in [1.29, 1.82) is 0 Å². The summed E-state index contributed by atoms with van der Waals surface area (Å²) in [5.74, 6) is -2.41. The number of benzene rings is 1. The maximum atomic E-state index is 11.8. The molecule has 0 aliphatic rings. The van der Waals surface area contributed by atoms with Gasteiger partial charge in [0.1, 0.15) is 0 Å². The molecule has 2 N–H and O–H groups in total. The Morgan fingerprint density at radius 1 is 1.38 bits per heavy atom. The number of carbonyl (C=O) groups is 3. The molecule has 1 aromatic rings. The normalized spacial score (nSPS) is 11.6. The zero-order chi connectivity index (χ0) is 16.0. The van der Waals surface area contributed by atoms with Gasteiger partial charge >= 0.3 is 5.97 Å². The minimum atomic E-state index is -0.974. The lowest BCUT2D eigenvalue weighted by atomic mass is 10.2. The Morgan fingerprint density at radius 2 is 2.05 bits per heavy atom. The minimum Gasteiger partial charge on any atom is -0.481 e. The summed E-state index contributed by atoms with van der Waals surface area (Å²) >= 11 is 5.78. The van der Waals surface area contributed by atoms with E-state index in [-0.39, 0.29) is 19.0 Å². The molecular formula is C14H17ClN2O4. The van der Waals surface area contributed by atoms with Gasteiger partial charge in [0.15, 0.2) is 0 Å². The number of amides is 2. The number of hydrogen-bond acceptors (Lipinski definition) is 3. The Bertz CT molecular complexity index is 548. The average molecular weight is 313 g/mol. The van der Waals surface area contributed by atoms with Crippen molar-refractivity contribution in [2.24, 2.45) is 5.92 Å². The van der Waals surface area contributed by atoms with Crippen molar-refractivity contribution in [2.75, 3.05) is 20.1 Å². The highest BCUT2D eigenvalue weighted by molar-refractivity contribution is 6.30. The van der Waals surface area contributed by atoms with Crippen molar-refractivity contribution in [3.63, 3.8) is 0 Å². The van der Waals surface area contributed by atoms with Crippen LogP contribution in [0, 0.1) is 5.92 Å². The first-order valence-corrected chi connectivity index (χ1v) is 6.69. The zero-order valence-corrected chi connectivity index (χ0v) is 12.6. The summed E-state index contributed by atoms with van der Waals surface area (Å²) in [7, 11) is 1.49. The second kappa shape index (κ2) is 7.64. The first-order valence-electron chi connectivity index (χ1n) is 6.31. The number of carboxylic acid groups (broad SMARTS) is 1. The van der Waals surface area contributed by atoms with Crippen LogP contribution in [0.15, 0.2) is 24.3 Å². The van der Waals surface area contributed by atoms with Crippen LogP contribution < -0.4 is 5.32 Å². The number of rotatable bonds is 6. The maximum Gasteiger partial charge on any atom is 0.308 e. The van der Waals surface area contributed by atoms with Crippen LogP contribution in [0.2, 0.25) is 5.02 Å². The summed E-state index contributed by atoms with van der Waals surface area (Å²) in [6.45, 7) is 1.39. The van der Waals surface area contributed by atoms with Crippen molar-refractivity contribution in [1.82, 2.24) is 10.2 Å². The lowest BCUT2D eigenvalue weighted by Crippen LogP contribution is -2.40. The molecule has 0 aliphatic heterocycles. The SMILES string of the molecule is CC(CN(C)C(=O)CNC(=O)c1cccc(Cl)c1)C(=O)O. The maximum absolute atomic E-state index is 11.8. The third-order valence-electron chi connectivity index (χ3n) is 2.88. The molecule has 1 unspecified atom stereocenters. The van der Waals surface area contributed by atoms with E-state index < -0.39 is 17.8 Å². The molecule has 7 heteroatoms. The topological polar surface area (TPSA) is 86.7 Å². The number of carboxylic acids is 1. The summed E-state index contributed by atoms with van der Waals surface area (Å²) in [5.41, 5.74) is 0.358. The van der Waals surface area contributed by atoms with Crippen molar-refractivity contribution in [3.8, 4) is 0 Å². The Balaban J connectivity index is 2.49. The Kier molecular flexibility index (Phi) is 6.17. The van der Waals surface area contributed by atoms with Gasteiger partial charge in [-0.25, -0.2) is 0 Å². The molecule has 1 atom stereocenters. The highest BCUT2D eigenvalue weighted by atomic mass is 35.5. The molecule has 1 rings (SSSR count).